The van der Waals surface area contributed by atoms with Crippen molar-refractivity contribution >= 4 is 18.0 Å². The predicted molar refractivity (Wildman–Crippen MR) is 120 cm³/mol. The van der Waals surface area contributed by atoms with Crippen LogP contribution in [0.5, 0.6) is 0 Å². The molecule has 0 heterocycles. The second kappa shape index (κ2) is 10.9. The van der Waals surface area contributed by atoms with Gasteiger partial charge in [0.15, 0.2) is 0 Å². The van der Waals surface area contributed by atoms with Crippen LogP contribution in [-0.4, -0.2) is 78.6 Å². The number of carboxylic acids is 1. The Bertz CT molecular complexity index is 964. The summed E-state index contributed by atoms with van der Waals surface area (Å²) >= 11 is 0. The number of rotatable bonds is 10. The summed E-state index contributed by atoms with van der Waals surface area (Å²) in [4.78, 5) is 37.6. The van der Waals surface area contributed by atoms with Crippen LogP contribution in [-0.2, 0) is 19.1 Å². The van der Waals surface area contributed by atoms with Gasteiger partial charge in [0.05, 0.1) is 12.7 Å². The van der Waals surface area contributed by atoms with Crippen LogP contribution in [0.15, 0.2) is 48.5 Å². The molecule has 0 radical (unpaired) electrons. The number of benzene rings is 2. The largest absolute Gasteiger partial charge is 0.480 e. The fraction of sp³-hybridized carbons (Fsp3) is 0.375. The Kier molecular flexibility index (Phi) is 8.02. The van der Waals surface area contributed by atoms with Gasteiger partial charge in [-0.15, -0.1) is 0 Å². The number of carbonyl (C=O) groups is 3. The Morgan fingerprint density at radius 3 is 2.15 bits per heavy atom. The van der Waals surface area contributed by atoms with E-state index in [1.807, 2.05) is 48.5 Å². The molecule has 0 aromatic heterocycles. The van der Waals surface area contributed by atoms with E-state index in [1.54, 1.807) is 6.92 Å². The zero-order chi connectivity index (χ0) is 24.0. The number of nitrogens with zero attached hydrogens (tertiary/aromatic N) is 1. The predicted octanol–water partition coefficient (Wildman–Crippen LogP) is 1.83. The van der Waals surface area contributed by atoms with E-state index >= 15 is 0 Å². The topological polar surface area (TPSA) is 125 Å². The van der Waals surface area contributed by atoms with Gasteiger partial charge in [0, 0.05) is 19.6 Å². The van der Waals surface area contributed by atoms with Crippen molar-refractivity contribution in [1.82, 2.24) is 10.2 Å². The molecule has 1 aliphatic rings. The van der Waals surface area contributed by atoms with Crippen molar-refractivity contribution in [2.45, 2.75) is 25.0 Å². The van der Waals surface area contributed by atoms with Crippen LogP contribution < -0.4 is 5.32 Å². The number of aliphatic hydroxyl groups excluding tert-OH is 1. The zero-order valence-corrected chi connectivity index (χ0v) is 18.6. The quantitative estimate of drug-likeness (QED) is 0.498. The highest BCUT2D eigenvalue weighted by Gasteiger charge is 2.33. The molecular weight excluding hydrogens is 428 g/mol. The molecule has 2 atom stereocenters. The monoisotopic (exact) mass is 456 g/mol. The summed E-state index contributed by atoms with van der Waals surface area (Å²) in [5.41, 5.74) is 4.30. The number of aliphatic carboxylic acids is 1. The molecular formula is C24H28N2O7. The van der Waals surface area contributed by atoms with E-state index in [0.29, 0.717) is 0 Å². The fourth-order valence-electron chi connectivity index (χ4n) is 4.03. The number of methoxy groups -OCH3 is 1. The molecule has 176 valence electrons. The van der Waals surface area contributed by atoms with Crippen LogP contribution in [0.25, 0.3) is 11.1 Å². The SMILES string of the molecule is COC(C)C(NC(=O)OCC1c2ccccc2-c2ccccc21)C(=O)N(CCO)CC(=O)O. The van der Waals surface area contributed by atoms with E-state index < -0.39 is 43.3 Å². The van der Waals surface area contributed by atoms with Crippen LogP contribution in [0.4, 0.5) is 4.79 Å². The van der Waals surface area contributed by atoms with Crippen molar-refractivity contribution in [3.05, 3.63) is 59.7 Å². The summed E-state index contributed by atoms with van der Waals surface area (Å²) in [5.74, 6) is -2.06. The average Bonchev–Trinajstić information content (AvgIpc) is 3.13. The van der Waals surface area contributed by atoms with E-state index in [1.165, 1.54) is 7.11 Å². The highest BCUT2D eigenvalue weighted by Crippen LogP contribution is 2.44. The molecule has 0 aliphatic heterocycles. The van der Waals surface area contributed by atoms with Gasteiger partial charge >= 0.3 is 12.1 Å². The molecule has 3 rings (SSSR count). The van der Waals surface area contributed by atoms with Crippen LogP contribution in [0.3, 0.4) is 0 Å². The average molecular weight is 456 g/mol. The van der Waals surface area contributed by atoms with E-state index in [9.17, 15) is 19.5 Å². The third-order valence-electron chi connectivity index (χ3n) is 5.73. The summed E-state index contributed by atoms with van der Waals surface area (Å²) in [7, 11) is 1.37. The number of amides is 2. The lowest BCUT2D eigenvalue weighted by Gasteiger charge is -2.29. The second-order valence-electron chi connectivity index (χ2n) is 7.77. The number of ether oxygens (including phenoxy) is 2. The van der Waals surface area contributed by atoms with Crippen molar-refractivity contribution in [1.29, 1.82) is 0 Å². The first-order valence-electron chi connectivity index (χ1n) is 10.6. The van der Waals surface area contributed by atoms with Crippen molar-refractivity contribution in [2.75, 3.05) is 33.4 Å². The molecule has 9 heteroatoms. The van der Waals surface area contributed by atoms with Crippen LogP contribution >= 0.6 is 0 Å². The van der Waals surface area contributed by atoms with E-state index in [4.69, 9.17) is 14.6 Å². The van der Waals surface area contributed by atoms with Crippen molar-refractivity contribution in [3.8, 4) is 11.1 Å². The van der Waals surface area contributed by atoms with Crippen molar-refractivity contribution in [3.63, 3.8) is 0 Å². The zero-order valence-electron chi connectivity index (χ0n) is 18.6. The highest BCUT2D eigenvalue weighted by molar-refractivity contribution is 5.88. The van der Waals surface area contributed by atoms with Crippen LogP contribution in [0.2, 0.25) is 0 Å². The van der Waals surface area contributed by atoms with Gasteiger partial charge in [-0.1, -0.05) is 48.5 Å². The highest BCUT2D eigenvalue weighted by atomic mass is 16.5. The molecule has 2 aromatic carbocycles. The maximum atomic E-state index is 12.9. The van der Waals surface area contributed by atoms with Crippen LogP contribution in [0, 0.1) is 0 Å². The number of fused-ring (bicyclic) bond motifs is 3. The van der Waals surface area contributed by atoms with E-state index in [2.05, 4.69) is 5.32 Å². The minimum Gasteiger partial charge on any atom is -0.480 e. The maximum absolute atomic E-state index is 12.9. The van der Waals surface area contributed by atoms with E-state index in [-0.39, 0.29) is 19.1 Å². The van der Waals surface area contributed by atoms with Gasteiger partial charge in [-0.3, -0.25) is 9.59 Å². The lowest BCUT2D eigenvalue weighted by molar-refractivity contribution is -0.147. The summed E-state index contributed by atoms with van der Waals surface area (Å²) in [6.45, 7) is 0.420. The summed E-state index contributed by atoms with van der Waals surface area (Å²) in [6.07, 6.45) is -1.58. The van der Waals surface area contributed by atoms with Gasteiger partial charge in [0.25, 0.3) is 0 Å². The Labute approximate surface area is 191 Å². The summed E-state index contributed by atoms with van der Waals surface area (Å²) in [6, 6.07) is 14.7. The molecule has 33 heavy (non-hydrogen) atoms. The lowest BCUT2D eigenvalue weighted by atomic mass is 9.98. The molecule has 9 nitrogen and oxygen atoms in total. The molecule has 0 saturated heterocycles. The molecule has 0 fully saturated rings. The van der Waals surface area contributed by atoms with Gasteiger partial charge in [-0.2, -0.15) is 0 Å². The van der Waals surface area contributed by atoms with Gasteiger partial charge < -0.3 is 29.9 Å². The summed E-state index contributed by atoms with van der Waals surface area (Å²) in [5, 5.41) is 20.8. The van der Waals surface area contributed by atoms with Gasteiger partial charge in [-0.25, -0.2) is 4.79 Å². The first kappa shape index (κ1) is 24.2. The minimum atomic E-state index is -1.23. The first-order valence-corrected chi connectivity index (χ1v) is 10.6. The Morgan fingerprint density at radius 1 is 1.06 bits per heavy atom. The minimum absolute atomic E-state index is 0.0671. The smallest absolute Gasteiger partial charge is 0.407 e. The van der Waals surface area contributed by atoms with Gasteiger partial charge in [-0.05, 0) is 29.2 Å². The summed E-state index contributed by atoms with van der Waals surface area (Å²) < 4.78 is 10.7. The third kappa shape index (κ3) is 5.50. The molecule has 0 bridgehead atoms. The lowest BCUT2D eigenvalue weighted by Crippen LogP contribution is -2.55. The molecule has 3 N–H and O–H groups in total. The number of hydrogen-bond acceptors (Lipinski definition) is 6. The maximum Gasteiger partial charge on any atom is 0.407 e. The standard InChI is InChI=1S/C24H28N2O7/c1-15(32-2)22(23(30)26(11-12-27)13-21(28)29)25-24(31)33-14-20-18-9-5-3-7-16(18)17-8-4-6-10-19(17)20/h3-10,15,20,22,27H,11-14H2,1-2H3,(H,25,31)(H,28,29). The molecule has 2 amide bonds. The molecule has 0 spiro atoms. The number of carboxylic acid groups (broad SMARTS) is 1. The Hall–Kier alpha value is -3.43. The normalized spacial score (nSPS) is 14.0. The van der Waals surface area contributed by atoms with Gasteiger partial charge in [0.1, 0.15) is 19.2 Å². The Morgan fingerprint density at radius 2 is 1.64 bits per heavy atom. The number of alkyl carbamates (subject to hydrolysis) is 1. The van der Waals surface area contributed by atoms with Crippen molar-refractivity contribution in [2.24, 2.45) is 0 Å². The van der Waals surface area contributed by atoms with E-state index in [0.717, 1.165) is 27.2 Å². The molecule has 2 unspecified atom stereocenters. The molecule has 0 saturated carbocycles. The second-order valence-corrected chi connectivity index (χ2v) is 7.77. The van der Waals surface area contributed by atoms with Crippen molar-refractivity contribution < 1.29 is 34.1 Å². The fourth-order valence-corrected chi connectivity index (χ4v) is 4.03. The number of aliphatic hydroxyl groups is 1. The number of nitrogens with one attached hydrogen (secondary N) is 1. The first-order chi connectivity index (χ1) is 15.9. The third-order valence-corrected chi connectivity index (χ3v) is 5.73. The number of carbonyl (C=O) groups excluding carboxylic acids is 2. The number of hydrogen-bond donors (Lipinski definition) is 3. The van der Waals surface area contributed by atoms with Crippen LogP contribution in [0.1, 0.15) is 24.0 Å². The molecule has 2 aromatic rings. The molecule has 1 aliphatic carbocycles. The Balaban J connectivity index is 1.71. The van der Waals surface area contributed by atoms with Gasteiger partial charge in [0.2, 0.25) is 5.91 Å².